The second-order valence-electron chi connectivity index (χ2n) is 5.04. The fourth-order valence-electron chi connectivity index (χ4n) is 2.18. The Bertz CT molecular complexity index is 507. The molecule has 144 valence electrons. The van der Waals surface area contributed by atoms with Gasteiger partial charge in [0.25, 0.3) is 0 Å². The second kappa shape index (κ2) is 8.45. The van der Waals surface area contributed by atoms with Crippen molar-refractivity contribution in [3.63, 3.8) is 0 Å². The van der Waals surface area contributed by atoms with Crippen LogP contribution in [0.4, 0.5) is 13.2 Å². The normalized spacial score (nSPS) is 29.6. The van der Waals surface area contributed by atoms with Crippen molar-refractivity contribution in [2.45, 2.75) is 57.8 Å². The minimum atomic E-state index is -5.02. The van der Waals surface area contributed by atoms with Gasteiger partial charge in [0.2, 0.25) is 0 Å². The summed E-state index contributed by atoms with van der Waals surface area (Å²) in [5, 5.41) is 9.88. The van der Waals surface area contributed by atoms with E-state index >= 15 is 0 Å². The SMILES string of the molecule is CC(=O)OC1C(OC(C)=O)[C@H](O)OC(COC(F)(F)F)[C@H]1OC(C)=O. The standard InChI is InChI=1S/C13H17F3O9/c1-5(17)22-9-8(4-21-13(14,15)16)25-12(20)11(24-7(3)19)10(9)23-6(2)18/h8-12,20H,4H2,1-3H3/t8?,9-,10?,11?,12-/m1/s1. The van der Waals surface area contributed by atoms with Crippen molar-refractivity contribution in [3.8, 4) is 0 Å². The number of aliphatic hydroxyl groups is 1. The zero-order valence-corrected chi connectivity index (χ0v) is 13.4. The maximum Gasteiger partial charge on any atom is 0.522 e. The number of hydrogen-bond acceptors (Lipinski definition) is 9. The first-order valence-electron chi connectivity index (χ1n) is 6.96. The summed E-state index contributed by atoms with van der Waals surface area (Å²) in [4.78, 5) is 33.7. The van der Waals surface area contributed by atoms with Crippen LogP contribution in [0.15, 0.2) is 0 Å². The summed E-state index contributed by atoms with van der Waals surface area (Å²) < 4.78 is 59.8. The molecule has 1 heterocycles. The lowest BCUT2D eigenvalue weighted by Crippen LogP contribution is -2.62. The molecule has 1 aliphatic heterocycles. The average Bonchev–Trinajstić information content (AvgIpc) is 2.41. The van der Waals surface area contributed by atoms with Crippen molar-refractivity contribution in [3.05, 3.63) is 0 Å². The van der Waals surface area contributed by atoms with Gasteiger partial charge in [-0.05, 0) is 0 Å². The van der Waals surface area contributed by atoms with E-state index in [0.717, 1.165) is 20.8 Å². The highest BCUT2D eigenvalue weighted by atomic mass is 19.4. The van der Waals surface area contributed by atoms with Gasteiger partial charge in [-0.1, -0.05) is 0 Å². The van der Waals surface area contributed by atoms with Crippen LogP contribution in [0.5, 0.6) is 0 Å². The van der Waals surface area contributed by atoms with Gasteiger partial charge in [-0.25, -0.2) is 0 Å². The van der Waals surface area contributed by atoms with Gasteiger partial charge < -0.3 is 24.1 Å². The lowest BCUT2D eigenvalue weighted by atomic mass is 9.98. The Balaban J connectivity index is 3.11. The number of ether oxygens (including phenoxy) is 5. The molecule has 0 aromatic heterocycles. The van der Waals surface area contributed by atoms with Crippen molar-refractivity contribution < 1.29 is 56.3 Å². The van der Waals surface area contributed by atoms with Crippen LogP contribution < -0.4 is 0 Å². The second-order valence-corrected chi connectivity index (χ2v) is 5.04. The van der Waals surface area contributed by atoms with Gasteiger partial charge in [0.15, 0.2) is 24.6 Å². The van der Waals surface area contributed by atoms with Gasteiger partial charge in [0, 0.05) is 20.8 Å². The molecule has 0 bridgehead atoms. The van der Waals surface area contributed by atoms with Crippen LogP contribution in [-0.4, -0.2) is 66.7 Å². The smallest absolute Gasteiger partial charge is 0.456 e. The Morgan fingerprint density at radius 2 is 1.36 bits per heavy atom. The van der Waals surface area contributed by atoms with Crippen molar-refractivity contribution in [2.24, 2.45) is 0 Å². The highest BCUT2D eigenvalue weighted by Crippen LogP contribution is 2.29. The number of esters is 3. The van der Waals surface area contributed by atoms with E-state index in [4.69, 9.17) is 18.9 Å². The number of rotatable bonds is 5. The molecule has 5 atom stereocenters. The summed E-state index contributed by atoms with van der Waals surface area (Å²) >= 11 is 0. The molecular weight excluding hydrogens is 357 g/mol. The zero-order valence-electron chi connectivity index (χ0n) is 13.4. The highest BCUT2D eigenvalue weighted by molar-refractivity contribution is 5.68. The molecule has 0 saturated carbocycles. The number of aliphatic hydroxyl groups excluding tert-OH is 1. The fraction of sp³-hybridized carbons (Fsp3) is 0.769. The van der Waals surface area contributed by atoms with E-state index in [2.05, 4.69) is 4.74 Å². The van der Waals surface area contributed by atoms with Gasteiger partial charge in [0.05, 0.1) is 6.61 Å². The van der Waals surface area contributed by atoms with E-state index in [1.807, 2.05) is 0 Å². The van der Waals surface area contributed by atoms with Crippen molar-refractivity contribution in [2.75, 3.05) is 6.61 Å². The van der Waals surface area contributed by atoms with Crippen LogP contribution in [0, 0.1) is 0 Å². The molecule has 1 aliphatic rings. The Labute approximate surface area is 139 Å². The molecule has 1 fully saturated rings. The van der Waals surface area contributed by atoms with Crippen molar-refractivity contribution in [1.29, 1.82) is 0 Å². The molecule has 0 amide bonds. The van der Waals surface area contributed by atoms with E-state index < -0.39 is 61.6 Å². The van der Waals surface area contributed by atoms with Crippen LogP contribution in [0.25, 0.3) is 0 Å². The molecule has 1 rings (SSSR count). The molecule has 3 unspecified atom stereocenters. The lowest BCUT2D eigenvalue weighted by molar-refractivity contribution is -0.352. The number of carbonyl (C=O) groups is 3. The summed E-state index contributed by atoms with van der Waals surface area (Å²) in [7, 11) is 0. The number of alkyl halides is 3. The molecule has 0 aromatic rings. The van der Waals surface area contributed by atoms with E-state index in [1.54, 1.807) is 0 Å². The number of carbonyl (C=O) groups excluding carboxylic acids is 3. The van der Waals surface area contributed by atoms with E-state index in [0.29, 0.717) is 0 Å². The molecule has 0 aromatic carbocycles. The van der Waals surface area contributed by atoms with Gasteiger partial charge >= 0.3 is 24.3 Å². The van der Waals surface area contributed by atoms with E-state index in [1.165, 1.54) is 0 Å². The monoisotopic (exact) mass is 374 g/mol. The Kier molecular flexibility index (Phi) is 7.14. The molecule has 0 radical (unpaired) electrons. The summed E-state index contributed by atoms with van der Waals surface area (Å²) in [6, 6.07) is 0. The van der Waals surface area contributed by atoms with Crippen LogP contribution in [0.2, 0.25) is 0 Å². The fourth-order valence-corrected chi connectivity index (χ4v) is 2.18. The van der Waals surface area contributed by atoms with Gasteiger partial charge in [0.1, 0.15) is 6.10 Å². The van der Waals surface area contributed by atoms with Crippen LogP contribution in [0.1, 0.15) is 20.8 Å². The molecule has 25 heavy (non-hydrogen) atoms. The molecule has 0 aliphatic carbocycles. The summed E-state index contributed by atoms with van der Waals surface area (Å²) in [5.74, 6) is -2.74. The molecule has 12 heteroatoms. The molecule has 0 spiro atoms. The third-order valence-electron chi connectivity index (χ3n) is 2.93. The van der Waals surface area contributed by atoms with E-state index in [-0.39, 0.29) is 0 Å². The minimum absolute atomic E-state index is 0.892. The maximum absolute atomic E-state index is 12.3. The lowest BCUT2D eigenvalue weighted by Gasteiger charge is -2.42. The average molecular weight is 374 g/mol. The first-order chi connectivity index (χ1) is 11.4. The third kappa shape index (κ3) is 6.84. The largest absolute Gasteiger partial charge is 0.522 e. The summed E-state index contributed by atoms with van der Waals surface area (Å²) in [6.45, 7) is 1.75. The van der Waals surface area contributed by atoms with E-state index in [9.17, 15) is 32.7 Å². The quantitative estimate of drug-likeness (QED) is 0.525. The highest BCUT2D eigenvalue weighted by Gasteiger charge is 2.52. The van der Waals surface area contributed by atoms with Crippen LogP contribution >= 0.6 is 0 Å². The van der Waals surface area contributed by atoms with Crippen LogP contribution in [-0.2, 0) is 38.1 Å². The van der Waals surface area contributed by atoms with Crippen LogP contribution in [0.3, 0.4) is 0 Å². The molecular formula is C13H17F3O9. The minimum Gasteiger partial charge on any atom is -0.456 e. The summed E-state index contributed by atoms with van der Waals surface area (Å²) in [5.41, 5.74) is 0. The zero-order chi connectivity index (χ0) is 19.4. The maximum atomic E-state index is 12.3. The van der Waals surface area contributed by atoms with Crippen molar-refractivity contribution >= 4 is 17.9 Å². The topological polar surface area (TPSA) is 118 Å². The predicted octanol–water partition coefficient (Wildman–Crippen LogP) is 0.0351. The third-order valence-corrected chi connectivity index (χ3v) is 2.93. The van der Waals surface area contributed by atoms with Crippen molar-refractivity contribution in [1.82, 2.24) is 0 Å². The first kappa shape index (κ1) is 21.1. The molecule has 1 saturated heterocycles. The Morgan fingerprint density at radius 3 is 1.80 bits per heavy atom. The Hall–Kier alpha value is -1.92. The molecule has 9 nitrogen and oxygen atoms in total. The predicted molar refractivity (Wildman–Crippen MR) is 69.5 cm³/mol. The summed E-state index contributed by atoms with van der Waals surface area (Å²) in [6.07, 6.45) is -13.4. The first-order valence-corrected chi connectivity index (χ1v) is 6.96. The molecule has 1 N–H and O–H groups in total. The van der Waals surface area contributed by atoms with Gasteiger partial charge in [-0.2, -0.15) is 0 Å². The van der Waals surface area contributed by atoms with Gasteiger partial charge in [-0.3, -0.25) is 19.1 Å². The number of halogens is 3. The number of hydrogen-bond donors (Lipinski definition) is 1. The van der Waals surface area contributed by atoms with Gasteiger partial charge in [-0.15, -0.1) is 13.2 Å². The Morgan fingerprint density at radius 1 is 0.920 bits per heavy atom.